The van der Waals surface area contributed by atoms with Gasteiger partial charge in [0.1, 0.15) is 17.9 Å². The van der Waals surface area contributed by atoms with Gasteiger partial charge in [0.05, 0.1) is 18.9 Å². The molecule has 2 heterocycles. The van der Waals surface area contributed by atoms with Crippen LogP contribution in [0.15, 0.2) is 24.3 Å². The summed E-state index contributed by atoms with van der Waals surface area (Å²) in [7, 11) is 1.62. The molecule has 6 nitrogen and oxygen atoms in total. The van der Waals surface area contributed by atoms with Crippen molar-refractivity contribution in [3.63, 3.8) is 0 Å². The molecule has 1 N–H and O–H groups in total. The zero-order chi connectivity index (χ0) is 16.4. The summed E-state index contributed by atoms with van der Waals surface area (Å²) in [4.78, 5) is 27.9. The largest absolute Gasteiger partial charge is 0.378 e. The Balaban J connectivity index is 1.71. The van der Waals surface area contributed by atoms with Gasteiger partial charge in [-0.1, -0.05) is 12.1 Å². The van der Waals surface area contributed by atoms with Crippen LogP contribution in [0.1, 0.15) is 6.42 Å². The Kier molecular flexibility index (Phi) is 4.58. The minimum Gasteiger partial charge on any atom is -0.378 e. The molecule has 2 aliphatic heterocycles. The maximum absolute atomic E-state index is 13.9. The highest BCUT2D eigenvalue weighted by Crippen LogP contribution is 2.26. The van der Waals surface area contributed by atoms with Crippen molar-refractivity contribution in [1.82, 2.24) is 10.2 Å². The lowest BCUT2D eigenvalue weighted by Gasteiger charge is -2.30. The van der Waals surface area contributed by atoms with E-state index in [1.54, 1.807) is 25.2 Å². The highest BCUT2D eigenvalue weighted by molar-refractivity contribution is 6.01. The summed E-state index contributed by atoms with van der Waals surface area (Å²) >= 11 is 0. The van der Waals surface area contributed by atoms with E-state index in [0.717, 1.165) is 0 Å². The first-order valence-electron chi connectivity index (χ1n) is 7.73. The van der Waals surface area contributed by atoms with Crippen LogP contribution in [0.25, 0.3) is 0 Å². The second-order valence-electron chi connectivity index (χ2n) is 5.78. The van der Waals surface area contributed by atoms with Crippen LogP contribution in [0.4, 0.5) is 10.1 Å². The number of amides is 2. The van der Waals surface area contributed by atoms with Crippen LogP contribution >= 0.6 is 0 Å². The summed E-state index contributed by atoms with van der Waals surface area (Å²) < 4.78 is 19.2. The number of nitrogens with one attached hydrogen (secondary N) is 1. The van der Waals surface area contributed by atoms with Crippen molar-refractivity contribution in [2.45, 2.75) is 18.5 Å². The summed E-state index contributed by atoms with van der Waals surface area (Å²) in [5, 5.41) is 3.09. The Hall–Kier alpha value is -1.99. The molecule has 3 rings (SSSR count). The molecule has 1 aromatic rings. The topological polar surface area (TPSA) is 61.9 Å². The molecule has 0 radical (unpaired) electrons. The summed E-state index contributed by atoms with van der Waals surface area (Å²) in [6, 6.07) is 5.19. The van der Waals surface area contributed by atoms with Crippen LogP contribution in [-0.2, 0) is 14.3 Å². The number of hydrogen-bond donors (Lipinski definition) is 1. The predicted molar refractivity (Wildman–Crippen MR) is 82.5 cm³/mol. The zero-order valence-electron chi connectivity index (χ0n) is 13.0. The number of likely N-dealkylation sites (N-methyl/N-ethyl adjacent to an activating group) is 1. The van der Waals surface area contributed by atoms with Gasteiger partial charge in [-0.3, -0.25) is 9.59 Å². The van der Waals surface area contributed by atoms with E-state index in [4.69, 9.17) is 4.74 Å². The lowest BCUT2D eigenvalue weighted by molar-refractivity contribution is -0.140. The van der Waals surface area contributed by atoms with E-state index >= 15 is 0 Å². The molecule has 0 aromatic heterocycles. The number of carbonyl (C=O) groups excluding carboxylic acids is 2. The van der Waals surface area contributed by atoms with E-state index in [2.05, 4.69) is 5.32 Å². The van der Waals surface area contributed by atoms with Gasteiger partial charge in [0.15, 0.2) is 0 Å². The standard InChI is InChI=1S/C16H20FN3O3/c1-19(15(21)12-10-23-9-7-18-12)14-6-8-20(16(14)22)13-5-3-2-4-11(13)17/h2-5,12,14,18H,6-10H2,1H3/t12-,14+/m0/s1. The number of hydrogen-bond acceptors (Lipinski definition) is 4. The quantitative estimate of drug-likeness (QED) is 0.874. The number of ether oxygens (including phenoxy) is 1. The first kappa shape index (κ1) is 15.9. The number of halogens is 1. The first-order chi connectivity index (χ1) is 11.1. The molecule has 0 spiro atoms. The number of para-hydroxylation sites is 1. The van der Waals surface area contributed by atoms with Gasteiger partial charge in [0.2, 0.25) is 11.8 Å². The van der Waals surface area contributed by atoms with Gasteiger partial charge in [-0.25, -0.2) is 4.39 Å². The zero-order valence-corrected chi connectivity index (χ0v) is 13.0. The van der Waals surface area contributed by atoms with E-state index < -0.39 is 17.9 Å². The van der Waals surface area contributed by atoms with Gasteiger partial charge >= 0.3 is 0 Å². The minimum atomic E-state index is -0.564. The van der Waals surface area contributed by atoms with Crippen molar-refractivity contribution in [3.05, 3.63) is 30.1 Å². The van der Waals surface area contributed by atoms with Crippen LogP contribution in [-0.4, -0.2) is 62.1 Å². The van der Waals surface area contributed by atoms with Crippen molar-refractivity contribution in [1.29, 1.82) is 0 Å². The molecular weight excluding hydrogens is 301 g/mol. The number of benzene rings is 1. The predicted octanol–water partition coefficient (Wildman–Crippen LogP) is 0.378. The van der Waals surface area contributed by atoms with Crippen LogP contribution in [0, 0.1) is 5.82 Å². The second-order valence-corrected chi connectivity index (χ2v) is 5.78. The monoisotopic (exact) mass is 321 g/mol. The van der Waals surface area contributed by atoms with E-state index in [0.29, 0.717) is 32.7 Å². The maximum atomic E-state index is 13.9. The first-order valence-corrected chi connectivity index (χ1v) is 7.73. The summed E-state index contributed by atoms with van der Waals surface area (Å²) in [6.45, 7) is 1.90. The Morgan fingerprint density at radius 3 is 2.91 bits per heavy atom. The van der Waals surface area contributed by atoms with Gasteiger partial charge < -0.3 is 19.9 Å². The SMILES string of the molecule is CN(C(=O)[C@@H]1COCCN1)[C@@H]1CCN(c2ccccc2F)C1=O. The molecule has 2 aliphatic rings. The Labute approximate surface area is 134 Å². The van der Waals surface area contributed by atoms with Gasteiger partial charge in [-0.05, 0) is 18.6 Å². The average molecular weight is 321 g/mol. The fraction of sp³-hybridized carbons (Fsp3) is 0.500. The van der Waals surface area contributed by atoms with Crippen molar-refractivity contribution in [2.24, 2.45) is 0 Å². The Morgan fingerprint density at radius 2 is 2.22 bits per heavy atom. The fourth-order valence-electron chi connectivity index (χ4n) is 3.06. The molecule has 1 aromatic carbocycles. The lowest BCUT2D eigenvalue weighted by Crippen LogP contribution is -2.55. The highest BCUT2D eigenvalue weighted by atomic mass is 19.1. The third-order valence-corrected chi connectivity index (χ3v) is 4.36. The summed E-state index contributed by atoms with van der Waals surface area (Å²) in [5.41, 5.74) is 0.264. The summed E-state index contributed by atoms with van der Waals surface area (Å²) in [5.74, 6) is -0.848. The van der Waals surface area contributed by atoms with Crippen LogP contribution in [0.2, 0.25) is 0 Å². The van der Waals surface area contributed by atoms with Crippen molar-refractivity contribution in [3.8, 4) is 0 Å². The molecule has 0 bridgehead atoms. The number of nitrogens with zero attached hydrogens (tertiary/aromatic N) is 2. The number of rotatable bonds is 3. The fourth-order valence-corrected chi connectivity index (χ4v) is 3.06. The van der Waals surface area contributed by atoms with Crippen LogP contribution in [0.3, 0.4) is 0 Å². The Morgan fingerprint density at radius 1 is 1.43 bits per heavy atom. The second kappa shape index (κ2) is 6.64. The van der Waals surface area contributed by atoms with E-state index in [1.807, 2.05) is 0 Å². The third kappa shape index (κ3) is 3.07. The van der Waals surface area contributed by atoms with E-state index in [-0.39, 0.29) is 17.5 Å². The van der Waals surface area contributed by atoms with E-state index in [9.17, 15) is 14.0 Å². The molecular formula is C16H20FN3O3. The van der Waals surface area contributed by atoms with E-state index in [1.165, 1.54) is 15.9 Å². The number of morpholine rings is 1. The van der Waals surface area contributed by atoms with Crippen LogP contribution in [0.5, 0.6) is 0 Å². The highest BCUT2D eigenvalue weighted by Gasteiger charge is 2.39. The van der Waals surface area contributed by atoms with Gasteiger partial charge in [-0.15, -0.1) is 0 Å². The van der Waals surface area contributed by atoms with Crippen LogP contribution < -0.4 is 10.2 Å². The third-order valence-electron chi connectivity index (χ3n) is 4.36. The van der Waals surface area contributed by atoms with Gasteiger partial charge in [0.25, 0.3) is 0 Å². The van der Waals surface area contributed by atoms with Gasteiger partial charge in [0, 0.05) is 20.1 Å². The molecule has 2 fully saturated rings. The molecule has 2 atom stereocenters. The normalized spacial score (nSPS) is 24.8. The smallest absolute Gasteiger partial charge is 0.249 e. The number of anilines is 1. The molecule has 7 heteroatoms. The molecule has 23 heavy (non-hydrogen) atoms. The maximum Gasteiger partial charge on any atom is 0.249 e. The molecule has 0 unspecified atom stereocenters. The molecule has 2 amide bonds. The van der Waals surface area contributed by atoms with Crippen molar-refractivity contribution >= 4 is 17.5 Å². The Bertz CT molecular complexity index is 604. The van der Waals surface area contributed by atoms with Gasteiger partial charge in [-0.2, -0.15) is 0 Å². The minimum absolute atomic E-state index is 0.168. The molecule has 2 saturated heterocycles. The van der Waals surface area contributed by atoms with Crippen molar-refractivity contribution in [2.75, 3.05) is 38.3 Å². The number of carbonyl (C=O) groups is 2. The summed E-state index contributed by atoms with van der Waals surface area (Å²) in [6.07, 6.45) is 0.489. The molecule has 0 saturated carbocycles. The molecule has 124 valence electrons. The molecule has 0 aliphatic carbocycles. The lowest BCUT2D eigenvalue weighted by atomic mass is 10.1. The van der Waals surface area contributed by atoms with Crippen molar-refractivity contribution < 1.29 is 18.7 Å². The average Bonchev–Trinajstić information content (AvgIpc) is 2.96.